The van der Waals surface area contributed by atoms with Crippen molar-refractivity contribution in [2.75, 3.05) is 36.9 Å². The van der Waals surface area contributed by atoms with Gasteiger partial charge in [0.2, 0.25) is 0 Å². The van der Waals surface area contributed by atoms with Crippen LogP contribution in [0.5, 0.6) is 0 Å². The highest BCUT2D eigenvalue weighted by atomic mass is 35.5. The zero-order valence-electron chi connectivity index (χ0n) is 17.1. The normalized spacial score (nSPS) is 16.6. The van der Waals surface area contributed by atoms with Crippen LogP contribution in [0.4, 0.5) is 21.7 Å². The van der Waals surface area contributed by atoms with E-state index < -0.39 is 5.82 Å². The van der Waals surface area contributed by atoms with Crippen LogP contribution in [0.1, 0.15) is 20.1 Å². The molecule has 33 heavy (non-hydrogen) atoms. The van der Waals surface area contributed by atoms with E-state index in [-0.39, 0.29) is 16.8 Å². The van der Waals surface area contributed by atoms with Crippen molar-refractivity contribution >= 4 is 63.7 Å². The van der Waals surface area contributed by atoms with Crippen molar-refractivity contribution in [2.45, 2.75) is 0 Å². The Morgan fingerprint density at radius 1 is 1.24 bits per heavy atom. The molecular weight excluding hydrogens is 469 g/mol. The zero-order valence-corrected chi connectivity index (χ0v) is 18.7. The summed E-state index contributed by atoms with van der Waals surface area (Å²) in [6.07, 6.45) is 3.02. The number of aromatic nitrogens is 2. The van der Waals surface area contributed by atoms with E-state index in [0.717, 1.165) is 4.88 Å². The van der Waals surface area contributed by atoms with Crippen molar-refractivity contribution in [3.8, 4) is 0 Å². The molecule has 0 aliphatic carbocycles. The van der Waals surface area contributed by atoms with Crippen molar-refractivity contribution in [3.63, 3.8) is 0 Å². The molecule has 0 bridgehead atoms. The van der Waals surface area contributed by atoms with E-state index in [2.05, 4.69) is 20.6 Å². The van der Waals surface area contributed by atoms with Crippen molar-refractivity contribution < 1.29 is 18.7 Å². The Hall–Kier alpha value is -3.34. The van der Waals surface area contributed by atoms with Gasteiger partial charge in [0, 0.05) is 23.7 Å². The molecule has 2 N–H and O–H groups in total. The van der Waals surface area contributed by atoms with Gasteiger partial charge in [-0.3, -0.25) is 9.59 Å². The Balaban J connectivity index is 1.45. The van der Waals surface area contributed by atoms with Gasteiger partial charge in [-0.25, -0.2) is 14.4 Å². The molecule has 0 spiro atoms. The molecule has 2 aliphatic heterocycles. The van der Waals surface area contributed by atoms with Gasteiger partial charge in [-0.2, -0.15) is 0 Å². The monoisotopic (exact) mass is 485 g/mol. The fourth-order valence-electron chi connectivity index (χ4n) is 3.58. The maximum Gasteiger partial charge on any atom is 0.264 e. The fourth-order valence-corrected chi connectivity index (χ4v) is 4.68. The number of anilines is 3. The van der Waals surface area contributed by atoms with Crippen LogP contribution < -0.4 is 10.6 Å². The van der Waals surface area contributed by atoms with Crippen LogP contribution in [0, 0.1) is 5.82 Å². The third-order valence-electron chi connectivity index (χ3n) is 5.20. The van der Waals surface area contributed by atoms with E-state index in [1.54, 1.807) is 23.1 Å². The summed E-state index contributed by atoms with van der Waals surface area (Å²) in [5, 5.41) is 5.76. The molecule has 3 aromatic rings. The Labute approximate surface area is 197 Å². The zero-order chi connectivity index (χ0) is 22.9. The first-order chi connectivity index (χ1) is 16.0. The van der Waals surface area contributed by atoms with E-state index in [0.29, 0.717) is 59.6 Å². The SMILES string of the molecule is O=C1Nc2ncnc(Nc3ccc(F)c(Cl)c3)c2C1=Cc1ccc(C(=O)N2CCOCC2)s1. The standard InChI is InChI=1S/C22H17ClFN5O3S/c23-15-9-12(1-3-16(15)24)27-19-18-14(21(30)28-20(18)26-11-25-19)10-13-2-4-17(33-13)22(31)29-5-7-32-8-6-29/h1-4,9-11H,5-8H2,(H2,25,26,27,28,30). The predicted molar refractivity (Wildman–Crippen MR) is 124 cm³/mol. The number of hydrogen-bond acceptors (Lipinski definition) is 7. The van der Waals surface area contributed by atoms with Gasteiger partial charge in [0.1, 0.15) is 23.8 Å². The summed E-state index contributed by atoms with van der Waals surface area (Å²) in [5.74, 6) is -0.192. The summed E-state index contributed by atoms with van der Waals surface area (Å²) in [6.45, 7) is 2.17. The number of hydrogen-bond donors (Lipinski definition) is 2. The number of amides is 2. The number of morpholine rings is 1. The molecule has 0 atom stereocenters. The number of fused-ring (bicyclic) bond motifs is 1. The first-order valence-electron chi connectivity index (χ1n) is 10.1. The molecule has 0 radical (unpaired) electrons. The Bertz CT molecular complexity index is 1290. The molecule has 0 unspecified atom stereocenters. The lowest BCUT2D eigenvalue weighted by atomic mass is 10.1. The molecular formula is C22H17ClFN5O3S. The van der Waals surface area contributed by atoms with Crippen molar-refractivity contribution in [1.29, 1.82) is 0 Å². The molecule has 2 amide bonds. The fraction of sp³-hybridized carbons (Fsp3) is 0.182. The van der Waals surface area contributed by atoms with E-state index in [1.165, 1.54) is 35.9 Å². The first-order valence-corrected chi connectivity index (χ1v) is 11.3. The number of halogens is 2. The summed E-state index contributed by atoms with van der Waals surface area (Å²) in [7, 11) is 0. The number of rotatable bonds is 4. The maximum atomic E-state index is 13.5. The smallest absolute Gasteiger partial charge is 0.264 e. The average molecular weight is 486 g/mol. The van der Waals surface area contributed by atoms with Gasteiger partial charge in [-0.15, -0.1) is 11.3 Å². The number of ether oxygens (including phenoxy) is 1. The van der Waals surface area contributed by atoms with Crippen LogP contribution in [-0.2, 0) is 9.53 Å². The van der Waals surface area contributed by atoms with Gasteiger partial charge in [0.05, 0.1) is 34.3 Å². The highest BCUT2D eigenvalue weighted by Gasteiger charge is 2.30. The van der Waals surface area contributed by atoms with E-state index in [9.17, 15) is 14.0 Å². The second kappa shape index (κ2) is 8.89. The van der Waals surface area contributed by atoms with E-state index in [1.807, 2.05) is 0 Å². The van der Waals surface area contributed by atoms with Crippen molar-refractivity contribution in [3.05, 3.63) is 62.8 Å². The van der Waals surface area contributed by atoms with Gasteiger partial charge in [-0.1, -0.05) is 11.6 Å². The number of benzene rings is 1. The summed E-state index contributed by atoms with van der Waals surface area (Å²) >= 11 is 7.18. The minimum absolute atomic E-state index is 0.0354. The van der Waals surface area contributed by atoms with Crippen LogP contribution in [0.3, 0.4) is 0 Å². The molecule has 0 saturated carbocycles. The summed E-state index contributed by atoms with van der Waals surface area (Å²) in [5.41, 5.74) is 1.35. The van der Waals surface area contributed by atoms with E-state index in [4.69, 9.17) is 16.3 Å². The van der Waals surface area contributed by atoms with Gasteiger partial charge >= 0.3 is 0 Å². The quantitative estimate of drug-likeness (QED) is 0.541. The minimum atomic E-state index is -0.535. The summed E-state index contributed by atoms with van der Waals surface area (Å²) in [4.78, 5) is 36.9. The summed E-state index contributed by atoms with van der Waals surface area (Å²) < 4.78 is 18.8. The molecule has 2 aliphatic rings. The Kier molecular flexibility index (Phi) is 5.79. The lowest BCUT2D eigenvalue weighted by molar-refractivity contribution is -0.110. The molecule has 5 rings (SSSR count). The van der Waals surface area contributed by atoms with Gasteiger partial charge in [-0.05, 0) is 36.4 Å². The number of carbonyl (C=O) groups is 2. The second-order valence-electron chi connectivity index (χ2n) is 7.32. The molecule has 8 nitrogen and oxygen atoms in total. The van der Waals surface area contributed by atoms with Gasteiger partial charge < -0.3 is 20.3 Å². The molecule has 168 valence electrons. The maximum absolute atomic E-state index is 13.5. The molecule has 1 fully saturated rings. The number of nitrogens with one attached hydrogen (secondary N) is 2. The highest BCUT2D eigenvalue weighted by Crippen LogP contribution is 2.38. The minimum Gasteiger partial charge on any atom is -0.378 e. The van der Waals surface area contributed by atoms with Crippen LogP contribution in [0.15, 0.2) is 36.7 Å². The second-order valence-corrected chi connectivity index (χ2v) is 8.84. The lowest BCUT2D eigenvalue weighted by Gasteiger charge is -2.26. The van der Waals surface area contributed by atoms with Gasteiger partial charge in [0.15, 0.2) is 0 Å². The predicted octanol–water partition coefficient (Wildman–Crippen LogP) is 4.04. The highest BCUT2D eigenvalue weighted by molar-refractivity contribution is 7.15. The molecule has 4 heterocycles. The van der Waals surface area contributed by atoms with Crippen LogP contribution in [-0.4, -0.2) is 53.0 Å². The molecule has 1 saturated heterocycles. The Morgan fingerprint density at radius 3 is 2.85 bits per heavy atom. The van der Waals surface area contributed by atoms with Crippen LogP contribution >= 0.6 is 22.9 Å². The van der Waals surface area contributed by atoms with E-state index >= 15 is 0 Å². The third kappa shape index (κ3) is 4.32. The van der Waals surface area contributed by atoms with Crippen LogP contribution in [0.25, 0.3) is 11.6 Å². The topological polar surface area (TPSA) is 96.4 Å². The van der Waals surface area contributed by atoms with Crippen molar-refractivity contribution in [2.24, 2.45) is 0 Å². The summed E-state index contributed by atoms with van der Waals surface area (Å²) in [6, 6.07) is 7.75. The van der Waals surface area contributed by atoms with Crippen LogP contribution in [0.2, 0.25) is 5.02 Å². The van der Waals surface area contributed by atoms with Crippen molar-refractivity contribution in [1.82, 2.24) is 14.9 Å². The average Bonchev–Trinajstić information content (AvgIpc) is 3.41. The van der Waals surface area contributed by atoms with Gasteiger partial charge in [0.25, 0.3) is 11.8 Å². The molecule has 1 aromatic carbocycles. The molecule has 2 aromatic heterocycles. The first kappa shape index (κ1) is 21.5. The third-order valence-corrected chi connectivity index (χ3v) is 6.51. The lowest BCUT2D eigenvalue weighted by Crippen LogP contribution is -2.40. The Morgan fingerprint density at radius 2 is 2.06 bits per heavy atom. The largest absolute Gasteiger partial charge is 0.378 e. The molecule has 11 heteroatoms. The number of carbonyl (C=O) groups excluding carboxylic acids is 2. The number of nitrogens with zero attached hydrogens (tertiary/aromatic N) is 3. The number of thiophene rings is 1.